The van der Waals surface area contributed by atoms with E-state index >= 15 is 0 Å². The monoisotopic (exact) mass is 515 g/mol. The molecule has 0 unspecified atom stereocenters. The first-order valence-corrected chi connectivity index (χ1v) is 13.5. The molecule has 0 radical (unpaired) electrons. The molecule has 1 N–H and O–H groups in total. The van der Waals surface area contributed by atoms with Crippen LogP contribution in [0.2, 0.25) is 0 Å². The number of amides is 2. The molecular weight excluding hydrogens is 478 g/mol. The topological polar surface area (TPSA) is 71.1 Å². The molecule has 1 fully saturated rings. The number of fused-ring (bicyclic) bond motifs is 2. The van der Waals surface area contributed by atoms with Gasteiger partial charge in [-0.2, -0.15) is 0 Å². The number of nitrogens with one attached hydrogen (secondary N) is 1. The Kier molecular flexibility index (Phi) is 7.68. The fourth-order valence-corrected chi connectivity index (χ4v) is 5.52. The van der Waals surface area contributed by atoms with Gasteiger partial charge < -0.3 is 24.6 Å². The summed E-state index contributed by atoms with van der Waals surface area (Å²) >= 11 is 0. The first-order chi connectivity index (χ1) is 18.4. The summed E-state index contributed by atoms with van der Waals surface area (Å²) in [6.45, 7) is 11.5. The van der Waals surface area contributed by atoms with Gasteiger partial charge in [-0.3, -0.25) is 9.59 Å². The molecule has 3 aliphatic heterocycles. The number of rotatable bonds is 7. The summed E-state index contributed by atoms with van der Waals surface area (Å²) in [6.07, 6.45) is 4.67. The third-order valence-electron chi connectivity index (χ3n) is 7.91. The van der Waals surface area contributed by atoms with Gasteiger partial charge in [0.2, 0.25) is 0 Å². The van der Waals surface area contributed by atoms with Crippen molar-refractivity contribution in [1.29, 1.82) is 0 Å². The number of methoxy groups -OCH3 is 1. The first-order valence-electron chi connectivity index (χ1n) is 13.5. The second-order valence-electron chi connectivity index (χ2n) is 10.5. The van der Waals surface area contributed by atoms with Gasteiger partial charge in [0.15, 0.2) is 0 Å². The smallest absolute Gasteiger partial charge is 0.272 e. The Morgan fingerprint density at radius 2 is 1.89 bits per heavy atom. The van der Waals surface area contributed by atoms with Gasteiger partial charge in [-0.1, -0.05) is 57.2 Å². The molecule has 2 aromatic carbocycles. The van der Waals surface area contributed by atoms with Gasteiger partial charge in [-0.15, -0.1) is 0 Å². The molecule has 3 heterocycles. The van der Waals surface area contributed by atoms with E-state index in [9.17, 15) is 9.59 Å². The number of anilines is 2. The van der Waals surface area contributed by atoms with E-state index in [-0.39, 0.29) is 30.3 Å². The third-order valence-corrected chi connectivity index (χ3v) is 7.91. The number of carbonyl (C=O) groups excluding carboxylic acids is 2. The van der Waals surface area contributed by atoms with Crippen LogP contribution in [0.1, 0.15) is 60.2 Å². The van der Waals surface area contributed by atoms with Crippen LogP contribution in [-0.4, -0.2) is 37.0 Å². The average molecular weight is 516 g/mol. The van der Waals surface area contributed by atoms with Crippen molar-refractivity contribution < 1.29 is 19.1 Å². The molecule has 3 aliphatic rings. The lowest BCUT2D eigenvalue weighted by Crippen LogP contribution is -2.39. The molecular formula is C31H37N3O4. The van der Waals surface area contributed by atoms with Gasteiger partial charge in [-0.25, -0.2) is 0 Å². The van der Waals surface area contributed by atoms with E-state index < -0.39 is 0 Å². The van der Waals surface area contributed by atoms with Crippen molar-refractivity contribution in [2.24, 2.45) is 11.8 Å². The van der Waals surface area contributed by atoms with Crippen LogP contribution in [0.25, 0.3) is 0 Å². The number of benzene rings is 2. The molecule has 0 saturated carbocycles. The van der Waals surface area contributed by atoms with Gasteiger partial charge in [0.1, 0.15) is 5.70 Å². The number of hydrogen-bond donors (Lipinski definition) is 1. The molecule has 1 saturated heterocycles. The second kappa shape index (κ2) is 11.1. The van der Waals surface area contributed by atoms with Crippen LogP contribution in [0.3, 0.4) is 0 Å². The Morgan fingerprint density at radius 3 is 2.53 bits per heavy atom. The molecule has 1 atom stereocenters. The van der Waals surface area contributed by atoms with E-state index in [4.69, 9.17) is 9.47 Å². The summed E-state index contributed by atoms with van der Waals surface area (Å²) in [4.78, 5) is 31.1. The Bertz CT molecular complexity index is 1250. The van der Waals surface area contributed by atoms with Gasteiger partial charge in [0.25, 0.3) is 11.8 Å². The maximum absolute atomic E-state index is 13.8. The summed E-state index contributed by atoms with van der Waals surface area (Å²) < 4.78 is 11.1. The third kappa shape index (κ3) is 5.00. The number of ether oxygens (including phenoxy) is 2. The number of hydrogen-bond acceptors (Lipinski definition) is 5. The number of nitrogens with zero attached hydrogens (tertiary/aromatic N) is 2. The summed E-state index contributed by atoms with van der Waals surface area (Å²) in [6, 6.07) is 11.9. The maximum Gasteiger partial charge on any atom is 0.272 e. The summed E-state index contributed by atoms with van der Waals surface area (Å²) in [5.41, 5.74) is 6.57. The van der Waals surface area contributed by atoms with Crippen molar-refractivity contribution in [3.8, 4) is 0 Å². The highest BCUT2D eigenvalue weighted by Gasteiger charge is 2.35. The van der Waals surface area contributed by atoms with E-state index in [0.717, 1.165) is 36.2 Å². The lowest BCUT2D eigenvalue weighted by Gasteiger charge is -2.39. The molecule has 2 amide bonds. The highest BCUT2D eigenvalue weighted by Crippen LogP contribution is 2.42. The van der Waals surface area contributed by atoms with Gasteiger partial charge >= 0.3 is 0 Å². The molecule has 7 nitrogen and oxygen atoms in total. The van der Waals surface area contributed by atoms with Crippen molar-refractivity contribution in [1.82, 2.24) is 4.90 Å². The normalized spacial score (nSPS) is 19.2. The predicted molar refractivity (Wildman–Crippen MR) is 149 cm³/mol. The zero-order valence-electron chi connectivity index (χ0n) is 22.6. The minimum atomic E-state index is -0.183. The van der Waals surface area contributed by atoms with Crippen molar-refractivity contribution >= 4 is 23.2 Å². The van der Waals surface area contributed by atoms with Crippen LogP contribution in [0.5, 0.6) is 0 Å². The standard InChI is InChI=1S/C31H37N3O4/c1-5-20(2)14-29-30(35)32-27-16-26(31(36)33-17-23-8-6-7-9-24(23)18-33)25(19-37-4)15-28(27)34(29)21(3)22-10-12-38-13-11-22/h6-9,14-16,20,22H,3,5,10-13,17-19H2,1-2,4H3,(H,32,35)/b29-14-/t20-/m1/s1. The van der Waals surface area contributed by atoms with E-state index in [2.05, 4.69) is 37.9 Å². The molecule has 2 aromatic rings. The summed E-state index contributed by atoms with van der Waals surface area (Å²) in [5.74, 6) is 0.176. The fourth-order valence-electron chi connectivity index (χ4n) is 5.52. The van der Waals surface area contributed by atoms with Gasteiger partial charge in [0.05, 0.1) is 18.0 Å². The van der Waals surface area contributed by atoms with Crippen LogP contribution >= 0.6 is 0 Å². The minimum absolute atomic E-state index is 0.0685. The van der Waals surface area contributed by atoms with E-state index in [1.807, 2.05) is 40.1 Å². The Balaban J connectivity index is 1.56. The van der Waals surface area contributed by atoms with Crippen LogP contribution in [-0.2, 0) is 34.0 Å². The Morgan fingerprint density at radius 1 is 1.21 bits per heavy atom. The van der Waals surface area contributed by atoms with E-state index in [1.54, 1.807) is 7.11 Å². The van der Waals surface area contributed by atoms with Gasteiger partial charge in [-0.05, 0) is 47.6 Å². The zero-order valence-corrected chi connectivity index (χ0v) is 22.6. The maximum atomic E-state index is 13.8. The largest absolute Gasteiger partial charge is 0.381 e. The highest BCUT2D eigenvalue weighted by molar-refractivity contribution is 6.13. The molecule has 0 spiro atoms. The predicted octanol–water partition coefficient (Wildman–Crippen LogP) is 5.62. The summed E-state index contributed by atoms with van der Waals surface area (Å²) in [5, 5.41) is 3.07. The summed E-state index contributed by atoms with van der Waals surface area (Å²) in [7, 11) is 1.63. The fraction of sp³-hybridized carbons (Fsp3) is 0.419. The quantitative estimate of drug-likeness (QED) is 0.485. The van der Waals surface area contributed by atoms with E-state index in [0.29, 0.717) is 43.3 Å². The van der Waals surface area contributed by atoms with Crippen molar-refractivity contribution in [3.05, 3.63) is 82.7 Å². The van der Waals surface area contributed by atoms with Gasteiger partial charge in [0, 0.05) is 50.6 Å². The van der Waals surface area contributed by atoms with Crippen molar-refractivity contribution in [3.63, 3.8) is 0 Å². The molecule has 0 aromatic heterocycles. The number of carbonyl (C=O) groups is 2. The van der Waals surface area contributed by atoms with Crippen LogP contribution in [0, 0.1) is 11.8 Å². The Hall–Kier alpha value is -3.42. The molecule has 38 heavy (non-hydrogen) atoms. The minimum Gasteiger partial charge on any atom is -0.381 e. The molecule has 0 bridgehead atoms. The molecule has 5 rings (SSSR count). The molecule has 0 aliphatic carbocycles. The highest BCUT2D eigenvalue weighted by atomic mass is 16.5. The zero-order chi connectivity index (χ0) is 26.8. The van der Waals surface area contributed by atoms with Crippen LogP contribution in [0.15, 0.2) is 60.4 Å². The molecule has 200 valence electrons. The van der Waals surface area contributed by atoms with Crippen molar-refractivity contribution in [2.75, 3.05) is 30.5 Å². The molecule has 7 heteroatoms. The first kappa shape index (κ1) is 26.2. The van der Waals surface area contributed by atoms with E-state index in [1.165, 1.54) is 11.1 Å². The SMILES string of the molecule is C=C(C1CCOCC1)N1/C(=C\[C@H](C)CC)C(=O)Nc2cc(C(=O)N3Cc4ccccc4C3)c(COC)cc21. The lowest BCUT2D eigenvalue weighted by atomic mass is 9.93. The van der Waals surface area contributed by atoms with Crippen LogP contribution < -0.4 is 10.2 Å². The Labute approximate surface area is 225 Å². The van der Waals surface area contributed by atoms with Crippen molar-refractivity contribution in [2.45, 2.75) is 52.8 Å². The van der Waals surface area contributed by atoms with Crippen LogP contribution in [0.4, 0.5) is 11.4 Å². The lowest BCUT2D eigenvalue weighted by molar-refractivity contribution is -0.113. The average Bonchev–Trinajstić information content (AvgIpc) is 3.38. The second-order valence-corrected chi connectivity index (χ2v) is 10.5. The number of allylic oxidation sites excluding steroid dienone is 2.